The first-order valence-corrected chi connectivity index (χ1v) is 8.72. The molecule has 1 amide bonds. The molecule has 0 unspecified atom stereocenters. The molecule has 1 heterocycles. The molecule has 0 spiro atoms. The normalized spacial score (nSPS) is 16.7. The van der Waals surface area contributed by atoms with Crippen LogP contribution in [0.2, 0.25) is 0 Å². The Labute approximate surface area is 147 Å². The number of hydrogen-bond acceptors (Lipinski definition) is 2. The number of likely N-dealkylation sites (tertiary alicyclic amines) is 1. The summed E-state index contributed by atoms with van der Waals surface area (Å²) in [6, 6.07) is 15.6. The van der Waals surface area contributed by atoms with Crippen LogP contribution in [-0.4, -0.2) is 25.2 Å². The van der Waals surface area contributed by atoms with Gasteiger partial charge in [-0.15, -0.1) is 0 Å². The van der Waals surface area contributed by atoms with Gasteiger partial charge in [-0.1, -0.05) is 42.5 Å². The monoisotopic (exact) mass is 340 g/mol. The van der Waals surface area contributed by atoms with Gasteiger partial charge >= 0.3 is 5.91 Å². The van der Waals surface area contributed by atoms with Crippen molar-refractivity contribution in [2.24, 2.45) is 5.10 Å². The van der Waals surface area contributed by atoms with Crippen LogP contribution in [0, 0.1) is 5.82 Å². The molecule has 1 aliphatic heterocycles. The van der Waals surface area contributed by atoms with Gasteiger partial charge < -0.3 is 4.90 Å². The molecule has 25 heavy (non-hydrogen) atoms. The number of halogens is 1. The SMILES string of the molecule is O=C(NN=Cc1ccc(F)cc1)[C@H](c1ccccc1)[NH+]1CCCCC1. The minimum Gasteiger partial charge on any atom is -0.321 e. The van der Waals surface area contributed by atoms with Crippen LogP contribution < -0.4 is 10.3 Å². The van der Waals surface area contributed by atoms with Crippen molar-refractivity contribution in [2.45, 2.75) is 25.3 Å². The summed E-state index contributed by atoms with van der Waals surface area (Å²) in [5.74, 6) is -0.402. The van der Waals surface area contributed by atoms with Crippen LogP contribution in [0.15, 0.2) is 59.7 Å². The predicted octanol–water partition coefficient (Wildman–Crippen LogP) is 2.09. The van der Waals surface area contributed by atoms with E-state index in [9.17, 15) is 9.18 Å². The highest BCUT2D eigenvalue weighted by molar-refractivity contribution is 5.84. The van der Waals surface area contributed by atoms with Crippen LogP contribution in [0.3, 0.4) is 0 Å². The minimum absolute atomic E-state index is 0.110. The van der Waals surface area contributed by atoms with E-state index < -0.39 is 0 Å². The molecule has 4 nitrogen and oxygen atoms in total. The third kappa shape index (κ3) is 4.73. The van der Waals surface area contributed by atoms with Gasteiger partial charge in [0.05, 0.1) is 19.3 Å². The summed E-state index contributed by atoms with van der Waals surface area (Å²) in [5.41, 5.74) is 4.40. The van der Waals surface area contributed by atoms with E-state index in [2.05, 4.69) is 10.5 Å². The lowest BCUT2D eigenvalue weighted by Gasteiger charge is -2.30. The standard InChI is InChI=1S/C20H22FN3O/c21-18-11-9-16(10-12-18)15-22-23-20(25)19(17-7-3-1-4-8-17)24-13-5-2-6-14-24/h1,3-4,7-12,15,19H,2,5-6,13-14H2,(H,23,25)/p+1/t19-/m0/s1. The highest BCUT2D eigenvalue weighted by Gasteiger charge is 2.32. The number of carbonyl (C=O) groups excluding carboxylic acids is 1. The Morgan fingerprint density at radius 3 is 2.40 bits per heavy atom. The number of carbonyl (C=O) groups is 1. The highest BCUT2D eigenvalue weighted by atomic mass is 19.1. The van der Waals surface area contributed by atoms with E-state index in [1.165, 1.54) is 29.7 Å². The fourth-order valence-electron chi connectivity index (χ4n) is 3.30. The van der Waals surface area contributed by atoms with Crippen molar-refractivity contribution in [2.75, 3.05) is 13.1 Å². The largest absolute Gasteiger partial charge is 0.321 e. The Morgan fingerprint density at radius 1 is 1.04 bits per heavy atom. The molecule has 0 bridgehead atoms. The Morgan fingerprint density at radius 2 is 1.72 bits per heavy atom. The molecule has 1 fully saturated rings. The molecule has 3 rings (SSSR count). The molecule has 1 aliphatic rings. The summed E-state index contributed by atoms with van der Waals surface area (Å²) in [6.07, 6.45) is 5.05. The van der Waals surface area contributed by atoms with Gasteiger partial charge in [-0.3, -0.25) is 4.79 Å². The first kappa shape index (κ1) is 17.3. The molecule has 0 aromatic heterocycles. The predicted molar refractivity (Wildman–Crippen MR) is 95.9 cm³/mol. The average Bonchev–Trinajstić information content (AvgIpc) is 2.65. The Hall–Kier alpha value is -2.53. The van der Waals surface area contributed by atoms with E-state index >= 15 is 0 Å². The van der Waals surface area contributed by atoms with E-state index in [1.807, 2.05) is 30.3 Å². The highest BCUT2D eigenvalue weighted by Crippen LogP contribution is 2.11. The van der Waals surface area contributed by atoms with Gasteiger partial charge in [0.15, 0.2) is 6.04 Å². The van der Waals surface area contributed by atoms with Crippen molar-refractivity contribution in [3.05, 3.63) is 71.5 Å². The summed E-state index contributed by atoms with van der Waals surface area (Å²) in [5, 5.41) is 4.05. The molecule has 2 aromatic rings. The molecule has 0 saturated carbocycles. The van der Waals surface area contributed by atoms with Crippen LogP contribution in [0.5, 0.6) is 0 Å². The first-order valence-electron chi connectivity index (χ1n) is 8.72. The van der Waals surface area contributed by atoms with Crippen LogP contribution in [-0.2, 0) is 4.79 Å². The second-order valence-corrected chi connectivity index (χ2v) is 6.35. The van der Waals surface area contributed by atoms with Crippen molar-refractivity contribution in [1.82, 2.24) is 5.43 Å². The molecule has 1 saturated heterocycles. The molecule has 130 valence electrons. The van der Waals surface area contributed by atoms with Crippen LogP contribution in [0.1, 0.15) is 36.4 Å². The van der Waals surface area contributed by atoms with Gasteiger partial charge in [0.25, 0.3) is 0 Å². The quantitative estimate of drug-likeness (QED) is 0.635. The summed E-state index contributed by atoms with van der Waals surface area (Å²) in [6.45, 7) is 1.99. The zero-order chi connectivity index (χ0) is 17.5. The van der Waals surface area contributed by atoms with Crippen LogP contribution in [0.4, 0.5) is 4.39 Å². The van der Waals surface area contributed by atoms with Gasteiger partial charge in [-0.25, -0.2) is 9.82 Å². The summed E-state index contributed by atoms with van der Waals surface area (Å²) in [7, 11) is 0. The number of amides is 1. The minimum atomic E-state index is -0.293. The third-order valence-electron chi connectivity index (χ3n) is 4.56. The molecule has 2 N–H and O–H groups in total. The molecule has 0 aliphatic carbocycles. The van der Waals surface area contributed by atoms with Crippen molar-refractivity contribution in [3.8, 4) is 0 Å². The number of hydrogen-bond donors (Lipinski definition) is 2. The number of rotatable bonds is 5. The molecule has 2 aromatic carbocycles. The van der Waals surface area contributed by atoms with Gasteiger partial charge in [-0.05, 0) is 37.0 Å². The van der Waals surface area contributed by atoms with E-state index in [0.29, 0.717) is 0 Å². The van der Waals surface area contributed by atoms with Crippen molar-refractivity contribution < 1.29 is 14.1 Å². The first-order chi connectivity index (χ1) is 12.2. The number of benzene rings is 2. The van der Waals surface area contributed by atoms with Crippen LogP contribution in [0.25, 0.3) is 0 Å². The van der Waals surface area contributed by atoms with Crippen LogP contribution >= 0.6 is 0 Å². The molecule has 5 heteroatoms. The fraction of sp³-hybridized carbons (Fsp3) is 0.300. The summed E-state index contributed by atoms with van der Waals surface area (Å²) < 4.78 is 12.9. The van der Waals surface area contributed by atoms with Gasteiger partial charge in [-0.2, -0.15) is 5.10 Å². The zero-order valence-corrected chi connectivity index (χ0v) is 14.1. The smallest absolute Gasteiger partial charge is 0.303 e. The molecule has 0 radical (unpaired) electrons. The third-order valence-corrected chi connectivity index (χ3v) is 4.56. The lowest BCUT2D eigenvalue weighted by Crippen LogP contribution is -3.14. The number of hydrazone groups is 1. The Kier molecular flexibility index (Phi) is 5.90. The van der Waals surface area contributed by atoms with E-state index in [4.69, 9.17) is 0 Å². The van der Waals surface area contributed by atoms with Gasteiger partial charge in [0.2, 0.25) is 0 Å². The topological polar surface area (TPSA) is 45.9 Å². The Balaban J connectivity index is 1.71. The fourth-order valence-corrected chi connectivity index (χ4v) is 3.30. The van der Waals surface area contributed by atoms with Gasteiger partial charge in [0.1, 0.15) is 5.82 Å². The van der Waals surface area contributed by atoms with Crippen molar-refractivity contribution in [3.63, 3.8) is 0 Å². The zero-order valence-electron chi connectivity index (χ0n) is 14.1. The van der Waals surface area contributed by atoms with Crippen molar-refractivity contribution in [1.29, 1.82) is 0 Å². The van der Waals surface area contributed by atoms with Gasteiger partial charge in [0, 0.05) is 5.56 Å². The Bertz CT molecular complexity index is 709. The second kappa shape index (κ2) is 8.53. The molecular weight excluding hydrogens is 317 g/mol. The van der Waals surface area contributed by atoms with Crippen molar-refractivity contribution >= 4 is 12.1 Å². The second-order valence-electron chi connectivity index (χ2n) is 6.35. The van der Waals surface area contributed by atoms with E-state index in [1.54, 1.807) is 12.1 Å². The summed E-state index contributed by atoms with van der Waals surface area (Å²) >= 11 is 0. The number of piperidine rings is 1. The summed E-state index contributed by atoms with van der Waals surface area (Å²) in [4.78, 5) is 14.1. The maximum Gasteiger partial charge on any atom is 0.303 e. The number of nitrogens with one attached hydrogen (secondary N) is 2. The molecule has 1 atom stereocenters. The lowest BCUT2D eigenvalue weighted by molar-refractivity contribution is -0.926. The van der Waals surface area contributed by atoms with E-state index in [-0.39, 0.29) is 17.8 Å². The maximum absolute atomic E-state index is 12.9. The number of quaternary nitrogens is 1. The van der Waals surface area contributed by atoms with E-state index in [0.717, 1.165) is 37.1 Å². The average molecular weight is 340 g/mol. The number of nitrogens with zero attached hydrogens (tertiary/aromatic N) is 1. The lowest BCUT2D eigenvalue weighted by atomic mass is 10.0. The molecular formula is C20H23FN3O+. The maximum atomic E-state index is 12.9.